The molecule has 1 aromatic rings. The number of hydrazine groups is 1. The van der Waals surface area contributed by atoms with Crippen LogP contribution < -0.4 is 11.3 Å². The van der Waals surface area contributed by atoms with Crippen molar-refractivity contribution in [2.45, 2.75) is 44.4 Å². The quantitative estimate of drug-likeness (QED) is 0.637. The molecular formula is C14H22N2S. The second-order valence-corrected chi connectivity index (χ2v) is 6.25. The van der Waals surface area contributed by atoms with Crippen molar-refractivity contribution in [3.05, 3.63) is 34.9 Å². The first kappa shape index (κ1) is 12.9. The van der Waals surface area contributed by atoms with E-state index in [0.29, 0.717) is 11.3 Å². The van der Waals surface area contributed by atoms with E-state index in [1.54, 1.807) is 0 Å². The zero-order valence-electron chi connectivity index (χ0n) is 10.7. The van der Waals surface area contributed by atoms with E-state index in [4.69, 9.17) is 5.84 Å². The van der Waals surface area contributed by atoms with E-state index in [-0.39, 0.29) is 0 Å². The lowest BCUT2D eigenvalue weighted by molar-refractivity contribution is 0.494. The molecule has 1 heterocycles. The number of hydrogen-bond donors (Lipinski definition) is 2. The number of nitrogens with two attached hydrogens (primary N) is 1. The molecule has 0 radical (unpaired) electrons. The Morgan fingerprint density at radius 1 is 1.41 bits per heavy atom. The zero-order chi connectivity index (χ0) is 12.3. The van der Waals surface area contributed by atoms with Gasteiger partial charge in [-0.2, -0.15) is 11.8 Å². The van der Waals surface area contributed by atoms with Gasteiger partial charge in [0.25, 0.3) is 0 Å². The van der Waals surface area contributed by atoms with Crippen molar-refractivity contribution in [1.82, 2.24) is 5.43 Å². The fourth-order valence-electron chi connectivity index (χ4n) is 2.61. The summed E-state index contributed by atoms with van der Waals surface area (Å²) in [6.45, 7) is 4.38. The summed E-state index contributed by atoms with van der Waals surface area (Å²) in [6.07, 6.45) is 3.68. The lowest BCUT2D eigenvalue weighted by Gasteiger charge is -2.23. The van der Waals surface area contributed by atoms with Crippen LogP contribution in [0.4, 0.5) is 0 Å². The van der Waals surface area contributed by atoms with Crippen LogP contribution in [-0.4, -0.2) is 17.0 Å². The molecule has 0 saturated carbocycles. The highest BCUT2D eigenvalue weighted by Crippen LogP contribution is 2.30. The van der Waals surface area contributed by atoms with Gasteiger partial charge in [-0.3, -0.25) is 11.3 Å². The van der Waals surface area contributed by atoms with Gasteiger partial charge >= 0.3 is 0 Å². The van der Waals surface area contributed by atoms with Gasteiger partial charge in [0.2, 0.25) is 0 Å². The summed E-state index contributed by atoms with van der Waals surface area (Å²) in [5.41, 5.74) is 7.25. The van der Waals surface area contributed by atoms with E-state index >= 15 is 0 Å². The fourth-order valence-corrected chi connectivity index (χ4v) is 3.98. The van der Waals surface area contributed by atoms with Crippen LogP contribution in [0.15, 0.2) is 18.2 Å². The smallest absolute Gasteiger partial charge is 0.0369 e. The second-order valence-electron chi connectivity index (χ2n) is 4.90. The first-order chi connectivity index (χ1) is 8.22. The van der Waals surface area contributed by atoms with Gasteiger partial charge in [0, 0.05) is 11.3 Å². The van der Waals surface area contributed by atoms with Crippen molar-refractivity contribution in [2.75, 3.05) is 5.75 Å². The van der Waals surface area contributed by atoms with Gasteiger partial charge in [-0.25, -0.2) is 0 Å². The number of thioether (sulfide) groups is 1. The average Bonchev–Trinajstić information content (AvgIpc) is 2.82. The van der Waals surface area contributed by atoms with E-state index in [1.807, 2.05) is 0 Å². The minimum Gasteiger partial charge on any atom is -0.271 e. The van der Waals surface area contributed by atoms with Crippen LogP contribution in [0.1, 0.15) is 29.5 Å². The van der Waals surface area contributed by atoms with Gasteiger partial charge in [-0.05, 0) is 55.6 Å². The maximum absolute atomic E-state index is 5.74. The molecule has 1 aliphatic heterocycles. The first-order valence-corrected chi connectivity index (χ1v) is 7.40. The first-order valence-electron chi connectivity index (χ1n) is 6.35. The molecule has 0 aliphatic carbocycles. The van der Waals surface area contributed by atoms with Gasteiger partial charge in [-0.15, -0.1) is 0 Å². The van der Waals surface area contributed by atoms with Crippen molar-refractivity contribution in [1.29, 1.82) is 0 Å². The van der Waals surface area contributed by atoms with Gasteiger partial charge in [0.15, 0.2) is 0 Å². The highest BCUT2D eigenvalue weighted by atomic mass is 32.2. The van der Waals surface area contributed by atoms with Crippen LogP contribution in [0, 0.1) is 13.8 Å². The number of benzene rings is 1. The van der Waals surface area contributed by atoms with Crippen LogP contribution in [0.2, 0.25) is 0 Å². The third-order valence-corrected chi connectivity index (χ3v) is 5.21. The Kier molecular flexibility index (Phi) is 4.48. The molecule has 94 valence electrons. The highest BCUT2D eigenvalue weighted by Gasteiger charge is 2.25. The predicted octanol–water partition coefficient (Wildman–Crippen LogP) is 2.57. The minimum absolute atomic E-state index is 0.405. The lowest BCUT2D eigenvalue weighted by atomic mass is 9.94. The van der Waals surface area contributed by atoms with Crippen LogP contribution in [0.25, 0.3) is 0 Å². The Hall–Kier alpha value is -0.510. The monoisotopic (exact) mass is 250 g/mol. The summed E-state index contributed by atoms with van der Waals surface area (Å²) in [4.78, 5) is 0. The predicted molar refractivity (Wildman–Crippen MR) is 76.2 cm³/mol. The van der Waals surface area contributed by atoms with Crippen LogP contribution in [0.3, 0.4) is 0 Å². The molecule has 3 heteroatoms. The molecular weight excluding hydrogens is 228 g/mol. The Morgan fingerprint density at radius 3 is 2.65 bits per heavy atom. The maximum atomic E-state index is 5.74. The molecule has 2 unspecified atom stereocenters. The van der Waals surface area contributed by atoms with Crippen molar-refractivity contribution < 1.29 is 0 Å². The minimum atomic E-state index is 0.405. The van der Waals surface area contributed by atoms with Crippen molar-refractivity contribution in [3.8, 4) is 0 Å². The highest BCUT2D eigenvalue weighted by molar-refractivity contribution is 8.00. The van der Waals surface area contributed by atoms with Crippen LogP contribution in [-0.2, 0) is 6.42 Å². The van der Waals surface area contributed by atoms with Gasteiger partial charge < -0.3 is 0 Å². The standard InChI is InChI=1S/C14H22N2S/c1-10-5-3-6-11(2)12(10)9-13(16-15)14-7-4-8-17-14/h3,5-6,13-14,16H,4,7-9,15H2,1-2H3. The number of rotatable bonds is 4. The molecule has 2 rings (SSSR count). The van der Waals surface area contributed by atoms with Crippen molar-refractivity contribution in [3.63, 3.8) is 0 Å². The number of hydrogen-bond acceptors (Lipinski definition) is 3. The summed E-state index contributed by atoms with van der Waals surface area (Å²) < 4.78 is 0. The van der Waals surface area contributed by atoms with Crippen LogP contribution >= 0.6 is 11.8 Å². The topological polar surface area (TPSA) is 38.0 Å². The van der Waals surface area contributed by atoms with E-state index < -0.39 is 0 Å². The third kappa shape index (κ3) is 3.03. The zero-order valence-corrected chi connectivity index (χ0v) is 11.5. The molecule has 2 nitrogen and oxygen atoms in total. The maximum Gasteiger partial charge on any atom is 0.0369 e. The SMILES string of the molecule is Cc1cccc(C)c1CC(NN)C1CCCS1. The second kappa shape index (κ2) is 5.89. The molecule has 1 saturated heterocycles. The summed E-state index contributed by atoms with van der Waals surface area (Å²) in [5.74, 6) is 7.02. The molecule has 0 amide bonds. The molecule has 1 aromatic carbocycles. The van der Waals surface area contributed by atoms with Crippen molar-refractivity contribution >= 4 is 11.8 Å². The Labute approximate surface area is 108 Å². The van der Waals surface area contributed by atoms with Crippen LogP contribution in [0.5, 0.6) is 0 Å². The molecule has 17 heavy (non-hydrogen) atoms. The van der Waals surface area contributed by atoms with E-state index in [2.05, 4.69) is 49.2 Å². The summed E-state index contributed by atoms with van der Waals surface area (Å²) in [5, 5.41) is 0.680. The van der Waals surface area contributed by atoms with E-state index in [1.165, 1.54) is 35.3 Å². The number of nitrogens with one attached hydrogen (secondary N) is 1. The molecule has 1 fully saturated rings. The van der Waals surface area contributed by atoms with Gasteiger partial charge in [0.05, 0.1) is 0 Å². The van der Waals surface area contributed by atoms with E-state index in [0.717, 1.165) is 6.42 Å². The Bertz CT molecular complexity index is 352. The largest absolute Gasteiger partial charge is 0.271 e. The third-order valence-electron chi connectivity index (χ3n) is 3.70. The van der Waals surface area contributed by atoms with Gasteiger partial charge in [-0.1, -0.05) is 18.2 Å². The molecule has 1 aliphatic rings. The summed E-state index contributed by atoms with van der Waals surface area (Å²) >= 11 is 2.06. The number of aryl methyl sites for hydroxylation is 2. The summed E-state index contributed by atoms with van der Waals surface area (Å²) in [6, 6.07) is 6.92. The molecule has 0 bridgehead atoms. The average molecular weight is 250 g/mol. The molecule has 0 spiro atoms. The molecule has 3 N–H and O–H groups in total. The van der Waals surface area contributed by atoms with Crippen molar-refractivity contribution in [2.24, 2.45) is 5.84 Å². The van der Waals surface area contributed by atoms with E-state index in [9.17, 15) is 0 Å². The fraction of sp³-hybridized carbons (Fsp3) is 0.571. The Morgan fingerprint density at radius 2 is 2.12 bits per heavy atom. The molecule has 2 atom stereocenters. The van der Waals surface area contributed by atoms with Gasteiger partial charge in [0.1, 0.15) is 0 Å². The molecule has 0 aromatic heterocycles. The lowest BCUT2D eigenvalue weighted by Crippen LogP contribution is -2.43. The summed E-state index contributed by atoms with van der Waals surface area (Å²) in [7, 11) is 0. The Balaban J connectivity index is 2.12. The normalized spacial score (nSPS) is 21.7.